The first-order chi connectivity index (χ1) is 15.8. The van der Waals surface area contributed by atoms with Gasteiger partial charge in [-0.3, -0.25) is 20.0 Å². The number of fused-ring (bicyclic) bond motifs is 3. The third-order valence-electron chi connectivity index (χ3n) is 5.77. The second-order valence-electron chi connectivity index (χ2n) is 8.13. The smallest absolute Gasteiger partial charge is 0.402 e. The van der Waals surface area contributed by atoms with E-state index >= 15 is 0 Å². The van der Waals surface area contributed by atoms with E-state index < -0.39 is 0 Å². The molecule has 4 N–H and O–H groups in total. The second-order valence-corrected chi connectivity index (χ2v) is 8.13. The normalized spacial score (nSPS) is 19.0. The van der Waals surface area contributed by atoms with Gasteiger partial charge in [-0.05, 0) is 39.1 Å². The Hall–Kier alpha value is -3.97. The van der Waals surface area contributed by atoms with E-state index in [0.29, 0.717) is 31.0 Å². The van der Waals surface area contributed by atoms with E-state index in [1.165, 1.54) is 0 Å². The van der Waals surface area contributed by atoms with E-state index in [1.54, 1.807) is 7.05 Å². The van der Waals surface area contributed by atoms with Crippen molar-refractivity contribution in [3.8, 4) is 23.2 Å². The lowest BCUT2D eigenvalue weighted by Crippen LogP contribution is -2.35. The Morgan fingerprint density at radius 3 is 2.88 bits per heavy atom. The number of aryl methyl sites for hydroxylation is 3. The molecular weight excluding hydrogens is 418 g/mol. The minimum Gasteiger partial charge on any atom is -0.441 e. The molecule has 3 aromatic rings. The summed E-state index contributed by atoms with van der Waals surface area (Å²) in [6, 6.07) is 4.06. The Kier molecular flexibility index (Phi) is 5.98. The summed E-state index contributed by atoms with van der Waals surface area (Å²) in [6.45, 7) is 5.57. The number of H-pyrrole nitrogens is 2. The Bertz CT molecular complexity index is 1350. The highest BCUT2D eigenvalue weighted by Gasteiger charge is 2.26. The second kappa shape index (κ2) is 8.88. The molecule has 2 bridgehead atoms. The van der Waals surface area contributed by atoms with Crippen LogP contribution in [0.3, 0.4) is 0 Å². The van der Waals surface area contributed by atoms with Crippen LogP contribution in [0.1, 0.15) is 17.1 Å². The van der Waals surface area contributed by atoms with E-state index in [0.717, 1.165) is 45.1 Å². The third-order valence-corrected chi connectivity index (χ3v) is 5.77. The van der Waals surface area contributed by atoms with Crippen LogP contribution in [-0.2, 0) is 7.05 Å². The van der Waals surface area contributed by atoms with Crippen molar-refractivity contribution < 1.29 is 9.42 Å². The molecule has 10 nitrogen and oxygen atoms in total. The van der Waals surface area contributed by atoms with E-state index in [2.05, 4.69) is 31.3 Å². The van der Waals surface area contributed by atoms with Gasteiger partial charge < -0.3 is 10.5 Å². The molecule has 0 amide bonds. The number of aromatic nitrogens is 5. The first-order valence-corrected chi connectivity index (χ1v) is 10.6. The van der Waals surface area contributed by atoms with Gasteiger partial charge in [-0.15, -0.1) is 0 Å². The molecule has 0 unspecified atom stereocenters. The van der Waals surface area contributed by atoms with Crippen LogP contribution in [0.4, 0.5) is 0 Å². The lowest BCUT2D eigenvalue weighted by Gasteiger charge is -2.18. The summed E-state index contributed by atoms with van der Waals surface area (Å²) in [5.41, 5.74) is 12.5. The summed E-state index contributed by atoms with van der Waals surface area (Å²) in [6.07, 6.45) is 3.70. The van der Waals surface area contributed by atoms with E-state index in [9.17, 15) is 5.26 Å². The molecule has 10 heteroatoms. The number of aromatic amines is 2. The summed E-state index contributed by atoms with van der Waals surface area (Å²) in [7, 11) is 5.60. The van der Waals surface area contributed by atoms with Crippen LogP contribution in [-0.4, -0.2) is 64.7 Å². The SMILES string of the molecule is CN=C1CN(C)CCOc2c(c(C)[nH][n+]2C)-c2cc3c([nH]nc3c(C)n2)/C=C/C1=C(/N)C#N. The van der Waals surface area contributed by atoms with Gasteiger partial charge in [0.15, 0.2) is 7.05 Å². The number of aliphatic imine (C=N–C) groups is 1. The van der Waals surface area contributed by atoms with Crippen LogP contribution in [0.25, 0.3) is 28.2 Å². The fourth-order valence-corrected chi connectivity index (χ4v) is 4.08. The van der Waals surface area contributed by atoms with Gasteiger partial charge >= 0.3 is 5.88 Å². The number of nitrogens with two attached hydrogens (primary N) is 1. The predicted molar refractivity (Wildman–Crippen MR) is 127 cm³/mol. The number of nitrogens with zero attached hydrogens (tertiary/aromatic N) is 6. The van der Waals surface area contributed by atoms with E-state index in [1.807, 2.05) is 50.8 Å². The van der Waals surface area contributed by atoms with Crippen molar-refractivity contribution in [1.82, 2.24) is 25.2 Å². The monoisotopic (exact) mass is 446 g/mol. The molecule has 0 atom stereocenters. The Morgan fingerprint density at radius 1 is 1.36 bits per heavy atom. The fourth-order valence-electron chi connectivity index (χ4n) is 4.08. The number of hydrogen-bond acceptors (Lipinski definition) is 7. The summed E-state index contributed by atoms with van der Waals surface area (Å²) in [5.74, 6) is 0.723. The molecule has 4 heterocycles. The highest BCUT2D eigenvalue weighted by molar-refractivity contribution is 6.06. The van der Waals surface area contributed by atoms with Crippen LogP contribution >= 0.6 is 0 Å². The van der Waals surface area contributed by atoms with Gasteiger partial charge in [0.05, 0.1) is 28.5 Å². The van der Waals surface area contributed by atoms with Crippen molar-refractivity contribution in [2.45, 2.75) is 13.8 Å². The van der Waals surface area contributed by atoms with Gasteiger partial charge in [0.2, 0.25) is 0 Å². The molecule has 0 aromatic carbocycles. The number of likely N-dealkylation sites (N-methyl/N-ethyl adjacent to an activating group) is 1. The quantitative estimate of drug-likeness (QED) is 0.354. The Morgan fingerprint density at radius 2 is 2.15 bits per heavy atom. The zero-order valence-corrected chi connectivity index (χ0v) is 19.5. The molecule has 0 fully saturated rings. The predicted octanol–water partition coefficient (Wildman–Crippen LogP) is 1.54. The third kappa shape index (κ3) is 4.10. The van der Waals surface area contributed by atoms with Crippen LogP contribution in [0.2, 0.25) is 0 Å². The number of pyridine rings is 1. The molecule has 0 saturated carbocycles. The molecule has 4 rings (SSSR count). The van der Waals surface area contributed by atoms with Gasteiger partial charge in [0.1, 0.15) is 29.5 Å². The fraction of sp³-hybridized carbons (Fsp3) is 0.348. The molecule has 170 valence electrons. The maximum atomic E-state index is 9.47. The number of nitriles is 1. The minimum atomic E-state index is 0.113. The zero-order valence-electron chi connectivity index (χ0n) is 19.5. The van der Waals surface area contributed by atoms with Gasteiger partial charge in [-0.25, -0.2) is 0 Å². The largest absolute Gasteiger partial charge is 0.441 e. The van der Waals surface area contributed by atoms with Gasteiger partial charge in [-0.1, -0.05) is 4.68 Å². The maximum absolute atomic E-state index is 9.47. The van der Waals surface area contributed by atoms with Crippen molar-refractivity contribution in [2.24, 2.45) is 17.8 Å². The van der Waals surface area contributed by atoms with E-state index in [4.69, 9.17) is 15.5 Å². The van der Waals surface area contributed by atoms with Crippen LogP contribution < -0.4 is 15.2 Å². The van der Waals surface area contributed by atoms with Gasteiger partial charge in [0.25, 0.3) is 0 Å². The van der Waals surface area contributed by atoms with Gasteiger partial charge in [0, 0.05) is 31.1 Å². The number of rotatable bonds is 0. The molecule has 33 heavy (non-hydrogen) atoms. The van der Waals surface area contributed by atoms with Gasteiger partial charge in [-0.2, -0.15) is 15.5 Å². The van der Waals surface area contributed by atoms with Crippen LogP contribution in [0, 0.1) is 25.2 Å². The number of allylic oxidation sites excluding steroid dienone is 2. The zero-order chi connectivity index (χ0) is 23.7. The van der Waals surface area contributed by atoms with Crippen molar-refractivity contribution in [1.29, 1.82) is 5.26 Å². The molecule has 0 radical (unpaired) electrons. The highest BCUT2D eigenvalue weighted by atomic mass is 16.5. The summed E-state index contributed by atoms with van der Waals surface area (Å²) in [5, 5.41) is 21.2. The average Bonchev–Trinajstić information content (AvgIpc) is 3.32. The Balaban J connectivity index is 1.96. The summed E-state index contributed by atoms with van der Waals surface area (Å²) < 4.78 is 8.09. The molecule has 0 aliphatic carbocycles. The molecular formula is C23H28N9O+. The molecule has 1 aliphatic heterocycles. The molecule has 0 spiro atoms. The number of ether oxygens (including phenoxy) is 1. The molecule has 0 saturated heterocycles. The summed E-state index contributed by atoms with van der Waals surface area (Å²) in [4.78, 5) is 11.3. The Labute approximate surface area is 192 Å². The molecule has 3 aromatic heterocycles. The van der Waals surface area contributed by atoms with Crippen LogP contribution in [0.5, 0.6) is 5.88 Å². The lowest BCUT2D eigenvalue weighted by molar-refractivity contribution is -0.731. The van der Waals surface area contributed by atoms with Crippen molar-refractivity contribution in [2.75, 3.05) is 33.8 Å². The van der Waals surface area contributed by atoms with Crippen molar-refractivity contribution in [3.05, 3.63) is 40.5 Å². The highest BCUT2D eigenvalue weighted by Crippen LogP contribution is 2.32. The first-order valence-electron chi connectivity index (χ1n) is 10.6. The minimum absolute atomic E-state index is 0.113. The lowest BCUT2D eigenvalue weighted by atomic mass is 10.0. The average molecular weight is 447 g/mol. The summed E-state index contributed by atoms with van der Waals surface area (Å²) >= 11 is 0. The van der Waals surface area contributed by atoms with Crippen molar-refractivity contribution >= 4 is 22.7 Å². The number of nitrogens with one attached hydrogen (secondary N) is 2. The number of hydrogen-bond donors (Lipinski definition) is 3. The maximum Gasteiger partial charge on any atom is 0.402 e. The van der Waals surface area contributed by atoms with Crippen LogP contribution in [0.15, 0.2) is 28.4 Å². The van der Waals surface area contributed by atoms with Crippen molar-refractivity contribution in [3.63, 3.8) is 0 Å². The first kappa shape index (κ1) is 22.2. The topological polar surface area (TPSA) is 136 Å². The molecule has 1 aliphatic rings. The van der Waals surface area contributed by atoms with E-state index in [-0.39, 0.29) is 5.70 Å². The standard InChI is InChI=1S/C23H27N9O/c1-13-21-19-10-16-18(28-29-22(16)14(2)27-19)7-6-15(17(25)11-24)20(26-3)12-31(4)8-9-33-23(21)32(5)30-13/h6-7,10H,8-9,12H2,1-5H3,(H3,25,26,27,28,29)/p+1.